The number of hydrogen-bond donors (Lipinski definition) is 1. The molecular formula is C12H21N3S. The molecule has 0 amide bonds. The first-order chi connectivity index (χ1) is 7.74. The lowest BCUT2D eigenvalue weighted by Gasteiger charge is -2.34. The Morgan fingerprint density at radius 2 is 2.19 bits per heavy atom. The van der Waals surface area contributed by atoms with Gasteiger partial charge in [0.05, 0.1) is 10.6 Å². The molecule has 3 atom stereocenters. The molecule has 0 radical (unpaired) electrons. The van der Waals surface area contributed by atoms with E-state index in [2.05, 4.69) is 16.5 Å². The van der Waals surface area contributed by atoms with Crippen LogP contribution in [0.3, 0.4) is 0 Å². The van der Waals surface area contributed by atoms with Gasteiger partial charge in [-0.3, -0.25) is 0 Å². The number of aromatic nitrogens is 2. The van der Waals surface area contributed by atoms with Crippen LogP contribution in [-0.2, 0) is 0 Å². The summed E-state index contributed by atoms with van der Waals surface area (Å²) in [5.41, 5.74) is 7.44. The Morgan fingerprint density at radius 1 is 1.44 bits per heavy atom. The van der Waals surface area contributed by atoms with Gasteiger partial charge in [-0.1, -0.05) is 37.1 Å². The van der Waals surface area contributed by atoms with E-state index in [0.717, 1.165) is 11.6 Å². The Kier molecular flexibility index (Phi) is 3.92. The standard InChI is InChI=1S/C12H21N3S/c1-3-9-6-4-5-7-10(9)11(13)12-8(2)14-15-16-12/h9-11H,3-7,13H2,1-2H3. The van der Waals surface area contributed by atoms with Gasteiger partial charge in [-0.15, -0.1) is 5.10 Å². The van der Waals surface area contributed by atoms with Gasteiger partial charge in [-0.05, 0) is 36.7 Å². The summed E-state index contributed by atoms with van der Waals surface area (Å²) in [7, 11) is 0. The van der Waals surface area contributed by atoms with Crippen LogP contribution in [-0.4, -0.2) is 9.59 Å². The Morgan fingerprint density at radius 3 is 2.81 bits per heavy atom. The lowest BCUT2D eigenvalue weighted by Crippen LogP contribution is -2.30. The van der Waals surface area contributed by atoms with E-state index in [4.69, 9.17) is 5.73 Å². The third-order valence-electron chi connectivity index (χ3n) is 3.94. The highest BCUT2D eigenvalue weighted by molar-refractivity contribution is 7.05. The largest absolute Gasteiger partial charge is 0.323 e. The molecule has 16 heavy (non-hydrogen) atoms. The van der Waals surface area contributed by atoms with Crippen molar-refractivity contribution in [1.82, 2.24) is 9.59 Å². The third kappa shape index (κ3) is 2.28. The van der Waals surface area contributed by atoms with Gasteiger partial charge in [0.15, 0.2) is 0 Å². The summed E-state index contributed by atoms with van der Waals surface area (Å²) in [6, 6.07) is 0.158. The fraction of sp³-hybridized carbons (Fsp3) is 0.833. The van der Waals surface area contributed by atoms with Gasteiger partial charge in [0.2, 0.25) is 0 Å². The summed E-state index contributed by atoms with van der Waals surface area (Å²) in [6.07, 6.45) is 6.59. The molecule has 3 unspecified atom stereocenters. The van der Waals surface area contributed by atoms with E-state index in [9.17, 15) is 0 Å². The molecule has 0 bridgehead atoms. The average molecular weight is 239 g/mol. The Hall–Kier alpha value is -0.480. The van der Waals surface area contributed by atoms with Crippen molar-refractivity contribution < 1.29 is 0 Å². The first kappa shape index (κ1) is 12.0. The van der Waals surface area contributed by atoms with Crippen molar-refractivity contribution in [3.63, 3.8) is 0 Å². The van der Waals surface area contributed by atoms with Gasteiger partial charge in [-0.25, -0.2) is 0 Å². The van der Waals surface area contributed by atoms with Crippen molar-refractivity contribution in [2.75, 3.05) is 0 Å². The van der Waals surface area contributed by atoms with Gasteiger partial charge in [0, 0.05) is 6.04 Å². The Labute approximate surface area is 102 Å². The molecule has 2 rings (SSSR count). The first-order valence-corrected chi connectivity index (χ1v) is 7.05. The van der Waals surface area contributed by atoms with Crippen LogP contribution < -0.4 is 5.73 Å². The maximum Gasteiger partial charge on any atom is 0.0772 e. The van der Waals surface area contributed by atoms with Gasteiger partial charge in [0.1, 0.15) is 0 Å². The molecule has 1 saturated carbocycles. The van der Waals surface area contributed by atoms with Crippen molar-refractivity contribution in [2.45, 2.75) is 52.0 Å². The molecule has 0 aromatic carbocycles. The number of rotatable bonds is 3. The zero-order chi connectivity index (χ0) is 11.5. The molecule has 0 saturated heterocycles. The molecule has 1 aromatic rings. The van der Waals surface area contributed by atoms with Crippen LogP contribution in [0.4, 0.5) is 0 Å². The van der Waals surface area contributed by atoms with Gasteiger partial charge in [0.25, 0.3) is 0 Å². The monoisotopic (exact) mass is 239 g/mol. The van der Waals surface area contributed by atoms with E-state index < -0.39 is 0 Å². The van der Waals surface area contributed by atoms with Crippen molar-refractivity contribution in [3.05, 3.63) is 10.6 Å². The van der Waals surface area contributed by atoms with Crippen LogP contribution >= 0.6 is 11.5 Å². The molecule has 1 aliphatic rings. The number of nitrogens with zero attached hydrogens (tertiary/aromatic N) is 2. The maximum atomic E-state index is 6.41. The highest BCUT2D eigenvalue weighted by Gasteiger charge is 2.31. The summed E-state index contributed by atoms with van der Waals surface area (Å²) in [5.74, 6) is 1.44. The molecule has 1 aliphatic carbocycles. The second kappa shape index (κ2) is 5.23. The number of hydrogen-bond acceptors (Lipinski definition) is 4. The van der Waals surface area contributed by atoms with E-state index in [-0.39, 0.29) is 6.04 Å². The van der Waals surface area contributed by atoms with E-state index in [1.54, 1.807) is 0 Å². The third-order valence-corrected chi connectivity index (χ3v) is 4.87. The van der Waals surface area contributed by atoms with Crippen molar-refractivity contribution in [3.8, 4) is 0 Å². The minimum Gasteiger partial charge on any atom is -0.323 e. The van der Waals surface area contributed by atoms with Gasteiger partial charge >= 0.3 is 0 Å². The van der Waals surface area contributed by atoms with Crippen LogP contribution in [0, 0.1) is 18.8 Å². The predicted octanol–water partition coefficient (Wildman–Crippen LogP) is 3.06. The van der Waals surface area contributed by atoms with Crippen molar-refractivity contribution in [1.29, 1.82) is 0 Å². The Balaban J connectivity index is 2.13. The molecule has 0 aliphatic heterocycles. The first-order valence-electron chi connectivity index (χ1n) is 6.28. The fourth-order valence-electron chi connectivity index (χ4n) is 2.95. The van der Waals surface area contributed by atoms with Crippen molar-refractivity contribution >= 4 is 11.5 Å². The highest BCUT2D eigenvalue weighted by Crippen LogP contribution is 2.40. The maximum absolute atomic E-state index is 6.41. The molecular weight excluding hydrogens is 218 g/mol. The molecule has 1 fully saturated rings. The normalized spacial score (nSPS) is 27.9. The summed E-state index contributed by atoms with van der Waals surface area (Å²) in [5, 5.41) is 4.07. The zero-order valence-electron chi connectivity index (χ0n) is 10.1. The van der Waals surface area contributed by atoms with Crippen LogP contribution in [0.5, 0.6) is 0 Å². The topological polar surface area (TPSA) is 51.8 Å². The second-order valence-corrected chi connectivity index (χ2v) is 5.65. The Bertz CT molecular complexity index is 337. The molecule has 2 N–H and O–H groups in total. The quantitative estimate of drug-likeness (QED) is 0.882. The minimum atomic E-state index is 0.158. The molecule has 1 heterocycles. The van der Waals surface area contributed by atoms with E-state index in [1.165, 1.54) is 48.5 Å². The fourth-order valence-corrected chi connectivity index (χ4v) is 3.67. The summed E-state index contributed by atoms with van der Waals surface area (Å²) < 4.78 is 4.00. The molecule has 4 heteroatoms. The van der Waals surface area contributed by atoms with Crippen LogP contribution in [0.1, 0.15) is 55.6 Å². The summed E-state index contributed by atoms with van der Waals surface area (Å²) >= 11 is 1.48. The van der Waals surface area contributed by atoms with E-state index in [0.29, 0.717) is 5.92 Å². The predicted molar refractivity (Wildman–Crippen MR) is 67.3 cm³/mol. The second-order valence-electron chi connectivity index (χ2n) is 4.87. The lowest BCUT2D eigenvalue weighted by atomic mass is 9.74. The van der Waals surface area contributed by atoms with Crippen LogP contribution in [0.25, 0.3) is 0 Å². The lowest BCUT2D eigenvalue weighted by molar-refractivity contribution is 0.197. The SMILES string of the molecule is CCC1CCCCC1C(N)c1snnc1C. The summed E-state index contributed by atoms with van der Waals surface area (Å²) in [6.45, 7) is 4.30. The van der Waals surface area contributed by atoms with Crippen LogP contribution in [0.2, 0.25) is 0 Å². The summed E-state index contributed by atoms with van der Waals surface area (Å²) in [4.78, 5) is 1.20. The molecule has 1 aromatic heterocycles. The van der Waals surface area contributed by atoms with Crippen molar-refractivity contribution in [2.24, 2.45) is 17.6 Å². The van der Waals surface area contributed by atoms with E-state index >= 15 is 0 Å². The molecule has 90 valence electrons. The van der Waals surface area contributed by atoms with E-state index in [1.807, 2.05) is 6.92 Å². The molecule has 3 nitrogen and oxygen atoms in total. The number of nitrogens with two attached hydrogens (primary N) is 1. The number of aryl methyl sites for hydroxylation is 1. The van der Waals surface area contributed by atoms with Gasteiger partial charge in [-0.2, -0.15) is 0 Å². The smallest absolute Gasteiger partial charge is 0.0772 e. The average Bonchev–Trinajstić information content (AvgIpc) is 2.74. The zero-order valence-corrected chi connectivity index (χ0v) is 11.0. The minimum absolute atomic E-state index is 0.158. The van der Waals surface area contributed by atoms with Crippen LogP contribution in [0.15, 0.2) is 0 Å². The van der Waals surface area contributed by atoms with Gasteiger partial charge < -0.3 is 5.73 Å². The highest BCUT2D eigenvalue weighted by atomic mass is 32.1. The molecule has 0 spiro atoms.